The van der Waals surface area contributed by atoms with Gasteiger partial charge in [0.05, 0.1) is 5.92 Å². The minimum absolute atomic E-state index is 0.0238. The van der Waals surface area contributed by atoms with Gasteiger partial charge in [-0.3, -0.25) is 9.59 Å². The van der Waals surface area contributed by atoms with Crippen LogP contribution in [0, 0.1) is 5.92 Å². The Labute approximate surface area is 164 Å². The van der Waals surface area contributed by atoms with Crippen LogP contribution in [0.1, 0.15) is 28.8 Å². The van der Waals surface area contributed by atoms with Gasteiger partial charge in [-0.2, -0.15) is 0 Å². The third-order valence-corrected chi connectivity index (χ3v) is 4.89. The van der Waals surface area contributed by atoms with E-state index in [0.717, 1.165) is 5.56 Å². The molecule has 0 atom stereocenters. The summed E-state index contributed by atoms with van der Waals surface area (Å²) >= 11 is 5.86. The zero-order valence-corrected chi connectivity index (χ0v) is 15.8. The summed E-state index contributed by atoms with van der Waals surface area (Å²) in [6.45, 7) is 1.37. The third-order valence-electron chi connectivity index (χ3n) is 4.64. The lowest BCUT2D eigenvalue weighted by Gasteiger charge is -2.31. The van der Waals surface area contributed by atoms with Crippen molar-refractivity contribution in [1.82, 2.24) is 4.90 Å². The predicted molar refractivity (Wildman–Crippen MR) is 107 cm³/mol. The number of hydrogen-bond donors (Lipinski definition) is 0. The molecule has 2 aromatic carbocycles. The van der Waals surface area contributed by atoms with E-state index in [2.05, 4.69) is 0 Å². The van der Waals surface area contributed by atoms with E-state index in [1.54, 1.807) is 29.2 Å². The molecule has 5 heteroatoms. The normalized spacial score (nSPS) is 15.1. The number of benzene rings is 2. The fourth-order valence-corrected chi connectivity index (χ4v) is 3.22. The van der Waals surface area contributed by atoms with Gasteiger partial charge in [0.25, 0.3) is 5.91 Å². The van der Waals surface area contributed by atoms with E-state index in [1.807, 2.05) is 42.5 Å². The average Bonchev–Trinajstić information content (AvgIpc) is 2.72. The maximum Gasteiger partial charge on any atom is 0.309 e. The quantitative estimate of drug-likeness (QED) is 0.716. The van der Waals surface area contributed by atoms with Gasteiger partial charge in [0.1, 0.15) is 6.61 Å². The minimum atomic E-state index is -0.189. The van der Waals surface area contributed by atoms with Crippen LogP contribution in [0.15, 0.2) is 60.7 Å². The van der Waals surface area contributed by atoms with Gasteiger partial charge >= 0.3 is 5.97 Å². The zero-order chi connectivity index (χ0) is 19.1. The second-order valence-corrected chi connectivity index (χ2v) is 6.95. The molecule has 0 radical (unpaired) electrons. The first kappa shape index (κ1) is 19.2. The standard InChI is InChI=1S/C22H22ClNO3/c23-20-10-8-18(9-11-20)21(25)24-14-12-19(13-15-24)22(26)27-16-4-7-17-5-2-1-3-6-17/h1-11,19H,12-16H2/b7-4+. The molecule has 2 aromatic rings. The van der Waals surface area contributed by atoms with Crippen LogP contribution < -0.4 is 0 Å². The number of carbonyl (C=O) groups is 2. The van der Waals surface area contributed by atoms with Crippen molar-refractivity contribution in [1.29, 1.82) is 0 Å². The Kier molecular flexibility index (Phi) is 6.66. The second-order valence-electron chi connectivity index (χ2n) is 6.52. The van der Waals surface area contributed by atoms with Crippen molar-refractivity contribution in [3.8, 4) is 0 Å². The molecule has 1 amide bonds. The van der Waals surface area contributed by atoms with Crippen molar-refractivity contribution in [2.45, 2.75) is 12.8 Å². The maximum absolute atomic E-state index is 12.5. The number of likely N-dealkylation sites (tertiary alicyclic amines) is 1. The van der Waals surface area contributed by atoms with Crippen LogP contribution in [0.3, 0.4) is 0 Å². The van der Waals surface area contributed by atoms with Gasteiger partial charge in [-0.25, -0.2) is 0 Å². The molecule has 0 N–H and O–H groups in total. The summed E-state index contributed by atoms with van der Waals surface area (Å²) in [6, 6.07) is 16.7. The lowest BCUT2D eigenvalue weighted by molar-refractivity contribution is -0.148. The predicted octanol–water partition coefficient (Wildman–Crippen LogP) is 4.45. The molecular weight excluding hydrogens is 362 g/mol. The van der Waals surface area contributed by atoms with E-state index in [0.29, 0.717) is 36.5 Å². The zero-order valence-electron chi connectivity index (χ0n) is 15.0. The molecule has 0 spiro atoms. The molecule has 1 fully saturated rings. The number of carbonyl (C=O) groups excluding carboxylic acids is 2. The highest BCUT2D eigenvalue weighted by Crippen LogP contribution is 2.21. The SMILES string of the molecule is O=C(OC/C=C/c1ccccc1)C1CCN(C(=O)c2ccc(Cl)cc2)CC1. The number of halogens is 1. The lowest BCUT2D eigenvalue weighted by atomic mass is 9.96. The van der Waals surface area contributed by atoms with E-state index in [4.69, 9.17) is 16.3 Å². The molecule has 27 heavy (non-hydrogen) atoms. The van der Waals surface area contributed by atoms with E-state index in [1.165, 1.54) is 0 Å². The molecule has 0 unspecified atom stereocenters. The lowest BCUT2D eigenvalue weighted by Crippen LogP contribution is -2.40. The highest BCUT2D eigenvalue weighted by atomic mass is 35.5. The Balaban J connectivity index is 1.43. The second kappa shape index (κ2) is 9.38. The summed E-state index contributed by atoms with van der Waals surface area (Å²) < 4.78 is 5.35. The number of esters is 1. The molecule has 0 aromatic heterocycles. The average molecular weight is 384 g/mol. The summed E-state index contributed by atoms with van der Waals surface area (Å²) in [5.74, 6) is -0.361. The van der Waals surface area contributed by atoms with Crippen molar-refractivity contribution in [2.24, 2.45) is 5.92 Å². The Morgan fingerprint density at radius 3 is 2.37 bits per heavy atom. The van der Waals surface area contributed by atoms with Gasteiger partial charge in [-0.05, 0) is 48.7 Å². The molecule has 140 valence electrons. The molecule has 0 saturated carbocycles. The Hall–Kier alpha value is -2.59. The molecule has 0 bridgehead atoms. The summed E-state index contributed by atoms with van der Waals surface area (Å²) in [7, 11) is 0. The van der Waals surface area contributed by atoms with Crippen LogP contribution in [0.4, 0.5) is 0 Å². The van der Waals surface area contributed by atoms with Crippen LogP contribution >= 0.6 is 11.6 Å². The van der Waals surface area contributed by atoms with Crippen molar-refractivity contribution < 1.29 is 14.3 Å². The fraction of sp³-hybridized carbons (Fsp3) is 0.273. The van der Waals surface area contributed by atoms with E-state index in [-0.39, 0.29) is 24.4 Å². The first-order valence-corrected chi connectivity index (χ1v) is 9.44. The number of nitrogens with zero attached hydrogens (tertiary/aromatic N) is 1. The largest absolute Gasteiger partial charge is 0.461 e. The van der Waals surface area contributed by atoms with E-state index < -0.39 is 0 Å². The van der Waals surface area contributed by atoms with Crippen LogP contribution in [-0.2, 0) is 9.53 Å². The summed E-state index contributed by atoms with van der Waals surface area (Å²) in [5, 5.41) is 0.606. The van der Waals surface area contributed by atoms with Crippen LogP contribution in [-0.4, -0.2) is 36.5 Å². The Morgan fingerprint density at radius 2 is 1.70 bits per heavy atom. The number of hydrogen-bond acceptors (Lipinski definition) is 3. The van der Waals surface area contributed by atoms with Crippen LogP contribution in [0.2, 0.25) is 5.02 Å². The Morgan fingerprint density at radius 1 is 1.04 bits per heavy atom. The summed E-state index contributed by atoms with van der Waals surface area (Å²) in [5.41, 5.74) is 1.69. The minimum Gasteiger partial charge on any atom is -0.461 e. The van der Waals surface area contributed by atoms with Crippen molar-refractivity contribution in [2.75, 3.05) is 19.7 Å². The number of amides is 1. The molecule has 1 heterocycles. The monoisotopic (exact) mass is 383 g/mol. The van der Waals surface area contributed by atoms with Gasteiger partial charge in [-0.1, -0.05) is 48.0 Å². The molecule has 1 aliphatic rings. The third kappa shape index (κ3) is 5.44. The van der Waals surface area contributed by atoms with Gasteiger partial charge in [0.15, 0.2) is 0 Å². The molecule has 0 aliphatic carbocycles. The van der Waals surface area contributed by atoms with Gasteiger partial charge in [0.2, 0.25) is 0 Å². The maximum atomic E-state index is 12.5. The van der Waals surface area contributed by atoms with Gasteiger partial charge < -0.3 is 9.64 Å². The van der Waals surface area contributed by atoms with Crippen molar-refractivity contribution in [3.63, 3.8) is 0 Å². The van der Waals surface area contributed by atoms with Gasteiger partial charge in [-0.15, -0.1) is 0 Å². The molecule has 1 saturated heterocycles. The van der Waals surface area contributed by atoms with Crippen LogP contribution in [0.25, 0.3) is 6.08 Å². The Bertz CT molecular complexity index is 794. The topological polar surface area (TPSA) is 46.6 Å². The number of rotatable bonds is 5. The number of piperidine rings is 1. The highest BCUT2D eigenvalue weighted by molar-refractivity contribution is 6.30. The molecule has 1 aliphatic heterocycles. The number of ether oxygens (including phenoxy) is 1. The molecule has 3 rings (SSSR count). The summed E-state index contributed by atoms with van der Waals surface area (Å²) in [6.07, 6.45) is 5.02. The smallest absolute Gasteiger partial charge is 0.309 e. The van der Waals surface area contributed by atoms with Gasteiger partial charge in [0, 0.05) is 23.7 Å². The van der Waals surface area contributed by atoms with E-state index >= 15 is 0 Å². The van der Waals surface area contributed by atoms with Crippen molar-refractivity contribution >= 4 is 29.6 Å². The van der Waals surface area contributed by atoms with E-state index in [9.17, 15) is 9.59 Å². The molecule has 4 nitrogen and oxygen atoms in total. The van der Waals surface area contributed by atoms with Crippen LogP contribution in [0.5, 0.6) is 0 Å². The molecular formula is C22H22ClNO3. The fourth-order valence-electron chi connectivity index (χ4n) is 3.09. The summed E-state index contributed by atoms with van der Waals surface area (Å²) in [4.78, 5) is 26.5. The first-order valence-electron chi connectivity index (χ1n) is 9.06. The highest BCUT2D eigenvalue weighted by Gasteiger charge is 2.28. The van der Waals surface area contributed by atoms with Crippen molar-refractivity contribution in [3.05, 3.63) is 76.8 Å². The first-order chi connectivity index (χ1) is 13.1.